The number of rotatable bonds is 4. The van der Waals surface area contributed by atoms with Crippen LogP contribution < -0.4 is 5.73 Å². The van der Waals surface area contributed by atoms with Gasteiger partial charge in [0, 0.05) is 6.42 Å². The van der Waals surface area contributed by atoms with E-state index in [1.54, 1.807) is 0 Å². The van der Waals surface area contributed by atoms with Gasteiger partial charge in [0.15, 0.2) is 0 Å². The van der Waals surface area contributed by atoms with E-state index in [0.29, 0.717) is 5.82 Å². The van der Waals surface area contributed by atoms with Crippen molar-refractivity contribution in [2.45, 2.75) is 12.6 Å². The molecule has 0 saturated carbocycles. The second-order valence-electron chi connectivity index (χ2n) is 2.88. The van der Waals surface area contributed by atoms with Crippen molar-refractivity contribution in [2.75, 3.05) is 18.9 Å². The summed E-state index contributed by atoms with van der Waals surface area (Å²) in [5.74, 6) is 0.422. The number of nitrogens with two attached hydrogens (primary N) is 1. The van der Waals surface area contributed by atoms with Crippen LogP contribution in [0, 0.1) is 4.77 Å². The number of alkyl halides is 3. The molecule has 0 fully saturated rings. The fourth-order valence-electron chi connectivity index (χ4n) is 0.922. The minimum absolute atomic E-state index is 0.0436. The van der Waals surface area contributed by atoms with Crippen LogP contribution in [0.1, 0.15) is 5.82 Å². The lowest BCUT2D eigenvalue weighted by Gasteiger charge is -2.07. The van der Waals surface area contributed by atoms with Crippen LogP contribution in [0.2, 0.25) is 0 Å². The maximum Gasteiger partial charge on any atom is 0.411 e. The van der Waals surface area contributed by atoms with E-state index in [9.17, 15) is 13.2 Å². The molecule has 3 N–H and O–H groups in total. The minimum Gasteiger partial charge on any atom is -0.372 e. The molecule has 1 aromatic rings. The van der Waals surface area contributed by atoms with Gasteiger partial charge in [-0.3, -0.25) is 0 Å². The molecule has 1 rings (SSSR count). The summed E-state index contributed by atoms with van der Waals surface area (Å²) in [6.07, 6.45) is -4.16. The van der Waals surface area contributed by atoms with Gasteiger partial charge in [0.05, 0.1) is 6.61 Å². The van der Waals surface area contributed by atoms with Crippen LogP contribution >= 0.6 is 12.2 Å². The largest absolute Gasteiger partial charge is 0.411 e. The summed E-state index contributed by atoms with van der Waals surface area (Å²) in [4.78, 5) is 9.96. The Bertz CT molecular complexity index is 405. The maximum atomic E-state index is 11.7. The highest BCUT2D eigenvalue weighted by Crippen LogP contribution is 2.14. The number of nitrogen functional groups attached to an aromatic ring is 1. The highest BCUT2D eigenvalue weighted by Gasteiger charge is 2.27. The molecule has 0 bridgehead atoms. The average Bonchev–Trinajstić information content (AvgIpc) is 2.09. The number of hydrogen-bond acceptors (Lipinski definition) is 5. The van der Waals surface area contributed by atoms with Gasteiger partial charge in [0.2, 0.25) is 10.7 Å². The third kappa shape index (κ3) is 5.03. The zero-order valence-electron chi connectivity index (χ0n) is 8.04. The summed E-state index contributed by atoms with van der Waals surface area (Å²) in [5, 5.41) is 0. The highest BCUT2D eigenvalue weighted by molar-refractivity contribution is 7.71. The quantitative estimate of drug-likeness (QED) is 0.624. The van der Waals surface area contributed by atoms with E-state index in [1.807, 2.05) is 0 Å². The summed E-state index contributed by atoms with van der Waals surface area (Å²) in [6, 6.07) is 0. The monoisotopic (exact) mass is 254 g/mol. The third-order valence-electron chi connectivity index (χ3n) is 1.47. The van der Waals surface area contributed by atoms with Crippen molar-refractivity contribution < 1.29 is 17.9 Å². The smallest absolute Gasteiger partial charge is 0.372 e. The van der Waals surface area contributed by atoms with E-state index < -0.39 is 12.8 Å². The molecule has 0 radical (unpaired) electrons. The Morgan fingerprint density at radius 2 is 2.06 bits per heavy atom. The van der Waals surface area contributed by atoms with Crippen LogP contribution in [0.5, 0.6) is 0 Å². The fourth-order valence-corrected chi connectivity index (χ4v) is 1.13. The molecule has 0 spiro atoms. The fraction of sp³-hybridized carbons (Fsp3) is 0.571. The molecule has 0 amide bonds. The zero-order chi connectivity index (χ0) is 12.2. The molecule has 0 aliphatic rings. The molecule has 9 heteroatoms. The minimum atomic E-state index is -4.32. The summed E-state index contributed by atoms with van der Waals surface area (Å²) in [7, 11) is 0. The topological polar surface area (TPSA) is 76.8 Å². The average molecular weight is 254 g/mol. The van der Waals surface area contributed by atoms with Gasteiger partial charge in [-0.1, -0.05) is 0 Å². The highest BCUT2D eigenvalue weighted by atomic mass is 32.1. The first-order valence-electron chi connectivity index (χ1n) is 4.24. The molecule has 5 nitrogen and oxygen atoms in total. The van der Waals surface area contributed by atoms with Gasteiger partial charge >= 0.3 is 6.18 Å². The molecule has 0 saturated heterocycles. The zero-order valence-corrected chi connectivity index (χ0v) is 8.86. The van der Waals surface area contributed by atoms with Crippen molar-refractivity contribution in [3.63, 3.8) is 0 Å². The van der Waals surface area contributed by atoms with E-state index in [4.69, 9.17) is 5.73 Å². The van der Waals surface area contributed by atoms with E-state index >= 15 is 0 Å². The number of hydrogen-bond donors (Lipinski definition) is 2. The number of nitrogens with one attached hydrogen (secondary N) is 1. The number of aromatic amines is 1. The SMILES string of the molecule is Nc1nc(=S)nc(CCOCC(F)(F)F)[nH]1. The van der Waals surface area contributed by atoms with Gasteiger partial charge in [0.1, 0.15) is 12.4 Å². The third-order valence-corrected chi connectivity index (χ3v) is 1.65. The molecule has 1 heterocycles. The van der Waals surface area contributed by atoms with Crippen molar-refractivity contribution >= 4 is 18.2 Å². The molecule has 0 aliphatic carbocycles. The van der Waals surface area contributed by atoms with Crippen LogP contribution in [0.4, 0.5) is 19.1 Å². The molecule has 90 valence electrons. The Morgan fingerprint density at radius 3 is 2.62 bits per heavy atom. The van der Waals surface area contributed by atoms with Gasteiger partial charge in [-0.05, 0) is 12.2 Å². The van der Waals surface area contributed by atoms with E-state index in [0.717, 1.165) is 0 Å². The van der Waals surface area contributed by atoms with E-state index in [2.05, 4.69) is 31.9 Å². The molecule has 0 aromatic carbocycles. The number of anilines is 1. The predicted octanol–water partition coefficient (Wildman–Crippen LogP) is 1.24. The van der Waals surface area contributed by atoms with E-state index in [-0.39, 0.29) is 23.7 Å². The summed E-state index contributed by atoms with van der Waals surface area (Å²) >= 11 is 4.68. The lowest BCUT2D eigenvalue weighted by Crippen LogP contribution is -2.18. The second kappa shape index (κ2) is 5.21. The first-order valence-corrected chi connectivity index (χ1v) is 4.65. The number of aromatic nitrogens is 3. The van der Waals surface area contributed by atoms with Crippen LogP contribution in [0.15, 0.2) is 0 Å². The van der Waals surface area contributed by atoms with Crippen LogP contribution in [0.3, 0.4) is 0 Å². The number of ether oxygens (including phenoxy) is 1. The molecule has 0 atom stereocenters. The number of H-pyrrole nitrogens is 1. The standard InChI is InChI=1S/C7H9F3N4OS/c8-7(9,10)3-15-2-1-4-12-5(11)14-6(16)13-4/h1-3H2,(H3,11,12,13,14,16). The normalized spacial score (nSPS) is 11.7. The summed E-state index contributed by atoms with van der Waals surface area (Å²) in [5.41, 5.74) is 5.34. The Hall–Kier alpha value is -1.22. The molecule has 0 aliphatic heterocycles. The first-order chi connectivity index (χ1) is 7.37. The molecule has 1 aromatic heterocycles. The number of halogens is 3. The van der Waals surface area contributed by atoms with Crippen molar-refractivity contribution in [3.8, 4) is 0 Å². The van der Waals surface area contributed by atoms with Crippen LogP contribution in [-0.2, 0) is 11.2 Å². The van der Waals surface area contributed by atoms with Gasteiger partial charge < -0.3 is 15.5 Å². The van der Waals surface area contributed by atoms with E-state index in [1.165, 1.54) is 0 Å². The maximum absolute atomic E-state index is 11.7. The van der Waals surface area contributed by atoms with Crippen molar-refractivity contribution in [1.82, 2.24) is 15.0 Å². The lowest BCUT2D eigenvalue weighted by molar-refractivity contribution is -0.173. The second-order valence-corrected chi connectivity index (χ2v) is 3.25. The Kier molecular flexibility index (Phi) is 4.19. The molecular formula is C7H9F3N4OS. The number of nitrogens with zero attached hydrogens (tertiary/aromatic N) is 2. The van der Waals surface area contributed by atoms with Crippen LogP contribution in [-0.4, -0.2) is 34.3 Å². The molecular weight excluding hydrogens is 245 g/mol. The Morgan fingerprint density at radius 1 is 1.38 bits per heavy atom. The van der Waals surface area contributed by atoms with Gasteiger partial charge in [0.25, 0.3) is 0 Å². The van der Waals surface area contributed by atoms with Gasteiger partial charge in [-0.25, -0.2) is 4.98 Å². The Labute approximate surface area is 93.9 Å². The van der Waals surface area contributed by atoms with Gasteiger partial charge in [-0.15, -0.1) is 0 Å². The van der Waals surface area contributed by atoms with Crippen LogP contribution in [0.25, 0.3) is 0 Å². The van der Waals surface area contributed by atoms with Gasteiger partial charge in [-0.2, -0.15) is 18.2 Å². The molecule has 0 unspecified atom stereocenters. The molecule has 16 heavy (non-hydrogen) atoms. The summed E-state index contributed by atoms with van der Waals surface area (Å²) < 4.78 is 39.6. The van der Waals surface area contributed by atoms with Crippen molar-refractivity contribution in [3.05, 3.63) is 10.6 Å². The lowest BCUT2D eigenvalue weighted by atomic mass is 10.4. The van der Waals surface area contributed by atoms with Crippen molar-refractivity contribution in [1.29, 1.82) is 0 Å². The Balaban J connectivity index is 2.40. The summed E-state index contributed by atoms with van der Waals surface area (Å²) in [6.45, 7) is -1.41. The first kappa shape index (κ1) is 12.8. The van der Waals surface area contributed by atoms with Crippen molar-refractivity contribution in [2.24, 2.45) is 0 Å². The predicted molar refractivity (Wildman–Crippen MR) is 52.2 cm³/mol.